The maximum Gasteiger partial charge on any atom is 0.268 e. The van der Waals surface area contributed by atoms with Crippen LogP contribution in [-0.4, -0.2) is 68.5 Å². The highest BCUT2D eigenvalue weighted by atomic mass is 31.2. The lowest BCUT2D eigenvalue weighted by molar-refractivity contribution is -0.870. The van der Waals surface area contributed by atoms with E-state index in [2.05, 4.69) is 141 Å². The van der Waals surface area contributed by atoms with E-state index in [0.717, 1.165) is 96.3 Å². The van der Waals surface area contributed by atoms with Crippen LogP contribution in [0.1, 0.15) is 258 Å². The number of hydrogen-bond acceptors (Lipinski definition) is 6. The first-order valence-electron chi connectivity index (χ1n) is 32.5. The zero-order valence-corrected chi connectivity index (χ0v) is 53.1. The molecule has 458 valence electrons. The normalized spacial score (nSPS) is 14.6. The Kier molecular flexibility index (Phi) is 57.7. The molecule has 1 amide bonds. The molecule has 0 saturated heterocycles. The van der Waals surface area contributed by atoms with E-state index in [4.69, 9.17) is 9.05 Å². The largest absolute Gasteiger partial charge is 0.756 e. The number of aliphatic hydroxyl groups is 1. The van der Waals surface area contributed by atoms with Gasteiger partial charge in [-0.1, -0.05) is 282 Å². The van der Waals surface area contributed by atoms with E-state index in [1.807, 2.05) is 27.2 Å². The van der Waals surface area contributed by atoms with Crippen molar-refractivity contribution in [3.8, 4) is 0 Å². The van der Waals surface area contributed by atoms with Crippen molar-refractivity contribution in [1.29, 1.82) is 0 Å². The molecule has 0 aromatic rings. The van der Waals surface area contributed by atoms with Crippen LogP contribution in [0.5, 0.6) is 0 Å². The molecule has 0 aromatic heterocycles. The summed E-state index contributed by atoms with van der Waals surface area (Å²) >= 11 is 0. The van der Waals surface area contributed by atoms with E-state index in [9.17, 15) is 19.4 Å². The molecule has 0 aliphatic heterocycles. The number of nitrogens with zero attached hydrogens (tertiary/aromatic N) is 1. The Morgan fingerprint density at radius 2 is 0.775 bits per heavy atom. The molecule has 0 heterocycles. The summed E-state index contributed by atoms with van der Waals surface area (Å²) in [6.45, 7) is 4.51. The fourth-order valence-electron chi connectivity index (χ4n) is 8.81. The number of aliphatic hydroxyl groups excluding tert-OH is 1. The fraction of sp³-hybridized carbons (Fsp3) is 0.676. The number of unbranched alkanes of at least 4 members (excludes halogenated alkanes) is 25. The molecule has 0 fully saturated rings. The van der Waals surface area contributed by atoms with Gasteiger partial charge in [-0.25, -0.2) is 0 Å². The molecule has 0 bridgehead atoms. The summed E-state index contributed by atoms with van der Waals surface area (Å²) in [5, 5.41) is 13.9. The van der Waals surface area contributed by atoms with Crippen molar-refractivity contribution in [2.24, 2.45) is 0 Å². The molecular weight excluding hydrogens is 1010 g/mol. The Balaban J connectivity index is 4.08. The van der Waals surface area contributed by atoms with Crippen molar-refractivity contribution in [2.45, 2.75) is 270 Å². The molecule has 0 radical (unpaired) electrons. The van der Waals surface area contributed by atoms with Gasteiger partial charge in [0.15, 0.2) is 0 Å². The molecule has 2 N–H and O–H groups in total. The number of likely N-dealkylation sites (N-methyl/N-ethyl adjacent to an activating group) is 1. The third-order valence-corrected chi connectivity index (χ3v) is 14.8. The number of amides is 1. The number of allylic oxidation sites excluding steroid dienone is 21. The number of quaternary nitrogens is 1. The van der Waals surface area contributed by atoms with Gasteiger partial charge in [0.1, 0.15) is 13.2 Å². The minimum Gasteiger partial charge on any atom is -0.756 e. The molecule has 0 aliphatic carbocycles. The first-order valence-corrected chi connectivity index (χ1v) is 34.0. The Morgan fingerprint density at radius 3 is 1.16 bits per heavy atom. The lowest BCUT2D eigenvalue weighted by atomic mass is 10.0. The van der Waals surface area contributed by atoms with Crippen molar-refractivity contribution in [1.82, 2.24) is 5.32 Å². The van der Waals surface area contributed by atoms with Crippen LogP contribution < -0.4 is 10.2 Å². The van der Waals surface area contributed by atoms with Crippen LogP contribution in [0, 0.1) is 0 Å². The molecule has 80 heavy (non-hydrogen) atoms. The van der Waals surface area contributed by atoms with Gasteiger partial charge in [-0.3, -0.25) is 9.36 Å². The average Bonchev–Trinajstić information content (AvgIpc) is 3.42. The van der Waals surface area contributed by atoms with Gasteiger partial charge in [0, 0.05) is 6.42 Å². The van der Waals surface area contributed by atoms with Gasteiger partial charge in [-0.05, 0) is 103 Å². The van der Waals surface area contributed by atoms with Gasteiger partial charge in [0.25, 0.3) is 7.82 Å². The van der Waals surface area contributed by atoms with E-state index in [-0.39, 0.29) is 12.5 Å². The van der Waals surface area contributed by atoms with Gasteiger partial charge in [0.2, 0.25) is 5.91 Å². The third-order valence-electron chi connectivity index (χ3n) is 13.8. The van der Waals surface area contributed by atoms with Crippen LogP contribution in [-0.2, 0) is 18.4 Å². The molecule has 0 rings (SSSR count). The Morgan fingerprint density at radius 1 is 0.450 bits per heavy atom. The molecule has 0 spiro atoms. The van der Waals surface area contributed by atoms with Crippen LogP contribution in [0.15, 0.2) is 134 Å². The monoisotopic (exact) mass is 1130 g/mol. The summed E-state index contributed by atoms with van der Waals surface area (Å²) in [6, 6.07) is -0.912. The van der Waals surface area contributed by atoms with Gasteiger partial charge in [-0.2, -0.15) is 0 Å². The first-order chi connectivity index (χ1) is 39.0. The summed E-state index contributed by atoms with van der Waals surface area (Å²) in [5.74, 6) is -0.212. The fourth-order valence-corrected chi connectivity index (χ4v) is 9.53. The number of carbonyl (C=O) groups excluding carboxylic acids is 1. The topological polar surface area (TPSA) is 108 Å². The SMILES string of the molecule is CC/C=C\C/C=C\C/C=C\C/C=C\C/C=C\C/C=C\C/C=C\C/C=C\C/C=C\CCCCCCCCCCCCCCCC(=O)NC(COP(=O)([O-])OCC[N+](C)(C)C)C(O)/C=C/CC/C=C/CCCCCCCCCCCCC. The smallest absolute Gasteiger partial charge is 0.268 e. The van der Waals surface area contributed by atoms with E-state index >= 15 is 0 Å². The average molecular weight is 1130 g/mol. The van der Waals surface area contributed by atoms with Gasteiger partial charge in [-0.15, -0.1) is 0 Å². The summed E-state index contributed by atoms with van der Waals surface area (Å²) in [5.41, 5.74) is 0. The van der Waals surface area contributed by atoms with Crippen LogP contribution in [0.3, 0.4) is 0 Å². The lowest BCUT2D eigenvalue weighted by Crippen LogP contribution is -2.45. The van der Waals surface area contributed by atoms with E-state index in [0.29, 0.717) is 17.4 Å². The molecule has 0 aromatic carbocycles. The van der Waals surface area contributed by atoms with Crippen LogP contribution in [0.4, 0.5) is 0 Å². The Bertz CT molecular complexity index is 1760. The molecule has 0 aliphatic rings. The number of nitrogens with one attached hydrogen (secondary N) is 1. The summed E-state index contributed by atoms with van der Waals surface area (Å²) in [7, 11) is 1.23. The predicted octanol–water partition coefficient (Wildman–Crippen LogP) is 20.0. The minimum atomic E-state index is -4.61. The minimum absolute atomic E-state index is 0.0114. The van der Waals surface area contributed by atoms with E-state index in [1.165, 1.54) is 141 Å². The highest BCUT2D eigenvalue weighted by Crippen LogP contribution is 2.38. The van der Waals surface area contributed by atoms with Crippen molar-refractivity contribution in [3.05, 3.63) is 134 Å². The lowest BCUT2D eigenvalue weighted by Gasteiger charge is -2.29. The van der Waals surface area contributed by atoms with Crippen molar-refractivity contribution < 1.29 is 32.9 Å². The third kappa shape index (κ3) is 62.2. The second-order valence-corrected chi connectivity index (χ2v) is 24.1. The van der Waals surface area contributed by atoms with E-state index < -0.39 is 26.6 Å². The number of phosphoric ester groups is 1. The summed E-state index contributed by atoms with van der Waals surface area (Å²) < 4.78 is 23.4. The summed E-state index contributed by atoms with van der Waals surface area (Å²) in [4.78, 5) is 25.5. The molecule has 8 nitrogen and oxygen atoms in total. The second kappa shape index (κ2) is 60.2. The molecule has 3 atom stereocenters. The summed E-state index contributed by atoms with van der Waals surface area (Å²) in [6.07, 6.45) is 91.2. The van der Waals surface area contributed by atoms with Gasteiger partial charge >= 0.3 is 0 Å². The molecule has 3 unspecified atom stereocenters. The highest BCUT2D eigenvalue weighted by molar-refractivity contribution is 7.45. The maximum absolute atomic E-state index is 13.0. The standard InChI is InChI=1S/C71H123N2O6P/c1-6-8-10-12-14-16-18-20-22-24-25-26-27-28-29-30-31-32-33-34-35-36-37-38-39-40-41-42-43-44-45-46-47-49-51-53-55-57-59-61-63-65-71(75)72-69(68-79-80(76,77)78-67-66-73(3,4)5)70(74)64-62-60-58-56-54-52-50-48-23-21-19-17-15-13-11-9-7-2/h8,10,14,16,20,22,25-26,28-29,31-32,34-35,37-38,40-41,54,56,62,64,69-70,74H,6-7,9,11-13,15,17-19,21,23-24,27,30,33,36,39,42-53,55,57-61,63,65-68H2,1-5H3,(H-,72,75,76,77)/b10-8-,16-14-,22-20-,26-25-,29-28-,32-31-,35-34-,38-37-,41-40-,56-54+,64-62+. The van der Waals surface area contributed by atoms with Crippen LogP contribution in [0.25, 0.3) is 0 Å². The van der Waals surface area contributed by atoms with Crippen molar-refractivity contribution in [3.63, 3.8) is 0 Å². The number of hydrogen-bond donors (Lipinski definition) is 2. The highest BCUT2D eigenvalue weighted by Gasteiger charge is 2.23. The number of phosphoric acid groups is 1. The van der Waals surface area contributed by atoms with Crippen LogP contribution >= 0.6 is 7.82 Å². The Hall–Kier alpha value is -3.36. The van der Waals surface area contributed by atoms with Crippen LogP contribution in [0.2, 0.25) is 0 Å². The second-order valence-electron chi connectivity index (χ2n) is 22.7. The van der Waals surface area contributed by atoms with Crippen molar-refractivity contribution >= 4 is 13.7 Å². The Labute approximate surface area is 494 Å². The number of carbonyl (C=O) groups is 1. The molecule has 0 saturated carbocycles. The quantitative estimate of drug-likeness (QED) is 0.0272. The zero-order valence-electron chi connectivity index (χ0n) is 52.2. The maximum atomic E-state index is 13.0. The zero-order chi connectivity index (χ0) is 58.4. The first kappa shape index (κ1) is 76.6. The predicted molar refractivity (Wildman–Crippen MR) is 348 cm³/mol. The van der Waals surface area contributed by atoms with Crippen molar-refractivity contribution in [2.75, 3.05) is 40.9 Å². The van der Waals surface area contributed by atoms with E-state index in [1.54, 1.807) is 6.08 Å². The number of rotatable bonds is 58. The van der Waals surface area contributed by atoms with Gasteiger partial charge in [0.05, 0.1) is 39.9 Å². The molecular formula is C71H123N2O6P. The molecule has 9 heteroatoms. The van der Waals surface area contributed by atoms with Gasteiger partial charge < -0.3 is 28.8 Å².